The number of hydrogen-bond donors (Lipinski definition) is 3. The predicted octanol–water partition coefficient (Wildman–Crippen LogP) is 8.22. The molecule has 1 aliphatic carbocycles. The normalized spacial score (nSPS) is 16.9. The summed E-state index contributed by atoms with van der Waals surface area (Å²) in [6.45, 7) is 12.6. The van der Waals surface area contributed by atoms with Crippen molar-refractivity contribution in [3.63, 3.8) is 0 Å². The SMILES string of the molecule is C=C(CCC(F)F)C1=C(CN2CCN(c3ccc(C(=O)NS(=O)(=O)c4ccc(N[C@H](CCN(C)CCO)CSc5ccccc5)c(S(=O)(=O)C(F)(F)F)c4)cc3)CC2)CCC(C)(C)C1. The molecule has 1 fully saturated rings. The van der Waals surface area contributed by atoms with Crippen LogP contribution in [-0.4, -0.2) is 121 Å². The summed E-state index contributed by atoms with van der Waals surface area (Å²) in [5.74, 6) is -0.768. The predicted molar refractivity (Wildman–Crippen MR) is 242 cm³/mol. The van der Waals surface area contributed by atoms with Crippen LogP contribution in [0.5, 0.6) is 0 Å². The van der Waals surface area contributed by atoms with Crippen molar-refractivity contribution in [2.75, 3.05) is 75.4 Å². The van der Waals surface area contributed by atoms with Gasteiger partial charge < -0.3 is 20.2 Å². The third-order valence-electron chi connectivity index (χ3n) is 11.5. The number of allylic oxidation sites excluding steroid dienone is 2. The fourth-order valence-corrected chi connectivity index (χ4v) is 10.8. The molecule has 1 saturated heterocycles. The first-order valence-electron chi connectivity index (χ1n) is 21.1. The van der Waals surface area contributed by atoms with Crippen LogP contribution in [0.1, 0.15) is 62.7 Å². The van der Waals surface area contributed by atoms with Gasteiger partial charge in [0.25, 0.3) is 25.8 Å². The van der Waals surface area contributed by atoms with Crippen LogP contribution in [0.2, 0.25) is 0 Å². The Labute approximate surface area is 378 Å². The summed E-state index contributed by atoms with van der Waals surface area (Å²) in [7, 11) is -9.22. The third kappa shape index (κ3) is 14.0. The number of likely N-dealkylation sites (N-methyl/N-ethyl adjacent to an activating group) is 1. The molecule has 64 heavy (non-hydrogen) atoms. The first-order valence-corrected chi connectivity index (χ1v) is 25.0. The van der Waals surface area contributed by atoms with Crippen LogP contribution in [-0.2, 0) is 19.9 Å². The molecule has 0 spiro atoms. The van der Waals surface area contributed by atoms with E-state index in [2.05, 4.69) is 35.5 Å². The van der Waals surface area contributed by atoms with E-state index < -0.39 is 59.2 Å². The maximum atomic E-state index is 14.1. The monoisotopic (exact) mass is 955 g/mol. The van der Waals surface area contributed by atoms with E-state index in [0.29, 0.717) is 44.4 Å². The topological polar surface area (TPSA) is 139 Å². The van der Waals surface area contributed by atoms with Gasteiger partial charge in [0.2, 0.25) is 6.43 Å². The highest BCUT2D eigenvalue weighted by Crippen LogP contribution is 2.42. The number of carbonyl (C=O) groups excluding carboxylic acids is 1. The Morgan fingerprint density at radius 3 is 2.25 bits per heavy atom. The minimum absolute atomic E-state index is 0.0518. The molecule has 0 bridgehead atoms. The zero-order valence-corrected chi connectivity index (χ0v) is 38.8. The number of rotatable bonds is 21. The molecule has 11 nitrogen and oxygen atoms in total. The summed E-state index contributed by atoms with van der Waals surface area (Å²) in [6, 6.07) is 17.0. The van der Waals surface area contributed by atoms with Gasteiger partial charge in [0.05, 0.1) is 17.2 Å². The molecule has 3 N–H and O–H groups in total. The molecule has 0 aromatic heterocycles. The number of amides is 1. The van der Waals surface area contributed by atoms with E-state index in [4.69, 9.17) is 0 Å². The van der Waals surface area contributed by atoms with Gasteiger partial charge >= 0.3 is 5.51 Å². The van der Waals surface area contributed by atoms with Gasteiger partial charge in [-0.15, -0.1) is 11.8 Å². The standard InChI is InChI=1S/C45H58F5N5O6S3/c1-32(10-17-42(46)47)39-29-44(2,3)20-18-34(39)30-54-22-24-55(25-23-54)36-13-11-33(12-14-36)43(57)52-64(60,61)38-15-16-40(41(28-38)63(58,59)45(48,49)50)51-35(19-21-53(4)26-27-56)31-62-37-8-6-5-7-9-37/h5-9,11-16,28,35,42,51,56H,1,10,17-27,29-31H2,2-4H3,(H,52,57)/t35-/m1/s1. The van der Waals surface area contributed by atoms with E-state index >= 15 is 0 Å². The lowest BCUT2D eigenvalue weighted by Crippen LogP contribution is -2.47. The highest BCUT2D eigenvalue weighted by Gasteiger charge is 2.48. The molecular weight excluding hydrogens is 898 g/mol. The number of benzene rings is 3. The largest absolute Gasteiger partial charge is 0.501 e. The molecule has 0 radical (unpaired) electrons. The number of alkyl halides is 5. The van der Waals surface area contributed by atoms with Crippen LogP contribution in [0.4, 0.5) is 33.3 Å². The van der Waals surface area contributed by atoms with Crippen molar-refractivity contribution < 1.29 is 48.7 Å². The number of piperazine rings is 1. The molecule has 5 rings (SSSR count). The lowest BCUT2D eigenvalue weighted by atomic mass is 9.72. The van der Waals surface area contributed by atoms with Gasteiger partial charge in [-0.25, -0.2) is 30.3 Å². The zero-order chi connectivity index (χ0) is 46.9. The van der Waals surface area contributed by atoms with Crippen LogP contribution < -0.4 is 14.9 Å². The molecule has 0 saturated carbocycles. The number of nitrogens with zero attached hydrogens (tertiary/aromatic N) is 3. The highest BCUT2D eigenvalue weighted by atomic mass is 32.2. The van der Waals surface area contributed by atoms with E-state index in [1.807, 2.05) is 35.1 Å². The Hall–Kier alpha value is -4.01. The van der Waals surface area contributed by atoms with Gasteiger partial charge in [0.1, 0.15) is 4.90 Å². The molecule has 3 aromatic rings. The summed E-state index contributed by atoms with van der Waals surface area (Å²) in [5, 5.41) is 12.2. The van der Waals surface area contributed by atoms with Crippen LogP contribution >= 0.6 is 11.8 Å². The van der Waals surface area contributed by atoms with Crippen molar-refractivity contribution in [2.24, 2.45) is 5.41 Å². The second kappa shape index (κ2) is 22.0. The van der Waals surface area contributed by atoms with Gasteiger partial charge in [-0.1, -0.05) is 49.8 Å². The van der Waals surface area contributed by atoms with E-state index in [1.54, 1.807) is 24.1 Å². The molecule has 1 atom stereocenters. The summed E-state index contributed by atoms with van der Waals surface area (Å²) in [6.07, 6.45) is 0.694. The number of aliphatic hydroxyl groups excluding tert-OH is 1. The average molecular weight is 956 g/mol. The van der Waals surface area contributed by atoms with E-state index in [1.165, 1.54) is 29.5 Å². The van der Waals surface area contributed by atoms with Crippen LogP contribution in [0, 0.1) is 5.41 Å². The number of sulfone groups is 1. The minimum atomic E-state index is -6.09. The number of nitrogens with one attached hydrogen (secondary N) is 2. The lowest BCUT2D eigenvalue weighted by molar-refractivity contribution is -0.0435. The molecule has 1 aliphatic heterocycles. The van der Waals surface area contributed by atoms with Crippen molar-refractivity contribution >= 4 is 48.9 Å². The van der Waals surface area contributed by atoms with Crippen LogP contribution in [0.15, 0.2) is 111 Å². The van der Waals surface area contributed by atoms with Crippen LogP contribution in [0.3, 0.4) is 0 Å². The summed E-state index contributed by atoms with van der Waals surface area (Å²) >= 11 is 1.39. The third-order valence-corrected chi connectivity index (χ3v) is 15.6. The smallest absolute Gasteiger partial charge is 0.395 e. The molecule has 1 heterocycles. The number of carbonyl (C=O) groups is 1. The Kier molecular flexibility index (Phi) is 17.5. The summed E-state index contributed by atoms with van der Waals surface area (Å²) in [5.41, 5.74) is -2.29. The van der Waals surface area contributed by atoms with Crippen molar-refractivity contribution in [1.29, 1.82) is 0 Å². The Morgan fingerprint density at radius 1 is 0.953 bits per heavy atom. The Balaban J connectivity index is 1.27. The molecule has 352 valence electrons. The quantitative estimate of drug-likeness (QED) is 0.0704. The van der Waals surface area contributed by atoms with Crippen molar-refractivity contribution in [3.8, 4) is 0 Å². The number of sulfonamides is 1. The van der Waals surface area contributed by atoms with E-state index in [0.717, 1.165) is 72.8 Å². The van der Waals surface area contributed by atoms with Crippen LogP contribution in [0.25, 0.3) is 0 Å². The van der Waals surface area contributed by atoms with Crippen molar-refractivity contribution in [3.05, 3.63) is 102 Å². The zero-order valence-electron chi connectivity index (χ0n) is 36.3. The van der Waals surface area contributed by atoms with Crippen molar-refractivity contribution in [1.82, 2.24) is 14.5 Å². The van der Waals surface area contributed by atoms with Gasteiger partial charge in [0.15, 0.2) is 0 Å². The van der Waals surface area contributed by atoms with Gasteiger partial charge in [-0.3, -0.25) is 9.69 Å². The number of anilines is 2. The number of aliphatic hydroxyl groups is 1. The fraction of sp³-hybridized carbons (Fsp3) is 0.489. The number of hydrogen-bond acceptors (Lipinski definition) is 11. The van der Waals surface area contributed by atoms with E-state index in [9.17, 15) is 48.7 Å². The van der Waals surface area contributed by atoms with E-state index in [-0.39, 0.29) is 30.4 Å². The average Bonchev–Trinajstić information content (AvgIpc) is 3.24. The minimum Gasteiger partial charge on any atom is -0.395 e. The molecule has 2 aliphatic rings. The molecular formula is C45H58F5N5O6S3. The summed E-state index contributed by atoms with van der Waals surface area (Å²) in [4.78, 5) is 18.2. The number of halogens is 5. The lowest BCUT2D eigenvalue weighted by Gasteiger charge is -2.39. The first kappa shape index (κ1) is 51.0. The molecule has 0 unspecified atom stereocenters. The Morgan fingerprint density at radius 2 is 1.62 bits per heavy atom. The first-order chi connectivity index (χ1) is 30.1. The molecule has 19 heteroatoms. The maximum absolute atomic E-state index is 14.1. The second-order valence-corrected chi connectivity index (χ2v) is 21.8. The maximum Gasteiger partial charge on any atom is 0.501 e. The highest BCUT2D eigenvalue weighted by molar-refractivity contribution is 7.99. The van der Waals surface area contributed by atoms with Gasteiger partial charge in [0, 0.05) is 73.6 Å². The second-order valence-electron chi connectivity index (χ2n) is 17.1. The fourth-order valence-electron chi connectivity index (χ4n) is 7.74. The Bertz CT molecular complexity index is 2320. The summed E-state index contributed by atoms with van der Waals surface area (Å²) < 4.78 is 123. The molecule has 3 aromatic carbocycles. The molecule has 1 amide bonds. The van der Waals surface area contributed by atoms with Gasteiger partial charge in [-0.05, 0) is 111 Å². The van der Waals surface area contributed by atoms with Gasteiger partial charge in [-0.2, -0.15) is 13.2 Å². The number of thioether (sulfide) groups is 1. The van der Waals surface area contributed by atoms with Crippen molar-refractivity contribution in [2.45, 2.75) is 85.0 Å².